The standard InChI is InChI=1S/C21H30N4O3/c1-21(17-7-5-4-6-8-17)19(27)25(20(28)22-21)15-18(26)24-13-10-16(11-14-24)9-12-23(2)3/h4-8,16H,9-15H2,1-3H3,(H,22,28). The number of amides is 4. The molecule has 0 saturated carbocycles. The highest BCUT2D eigenvalue weighted by atomic mass is 16.2. The molecule has 152 valence electrons. The molecule has 2 heterocycles. The molecule has 0 radical (unpaired) electrons. The van der Waals surface area contributed by atoms with Gasteiger partial charge in [0.1, 0.15) is 12.1 Å². The molecule has 1 aromatic carbocycles. The Morgan fingerprint density at radius 1 is 1.18 bits per heavy atom. The molecule has 2 aliphatic heterocycles. The third-order valence-corrected chi connectivity index (χ3v) is 5.87. The van der Waals surface area contributed by atoms with E-state index in [4.69, 9.17) is 0 Å². The number of hydrogen-bond donors (Lipinski definition) is 1. The lowest BCUT2D eigenvalue weighted by Crippen LogP contribution is -2.46. The Labute approximate surface area is 166 Å². The summed E-state index contributed by atoms with van der Waals surface area (Å²) in [4.78, 5) is 43.1. The van der Waals surface area contributed by atoms with E-state index in [9.17, 15) is 14.4 Å². The van der Waals surface area contributed by atoms with E-state index in [1.807, 2.05) is 30.3 Å². The maximum absolute atomic E-state index is 12.9. The maximum Gasteiger partial charge on any atom is 0.325 e. The second-order valence-corrected chi connectivity index (χ2v) is 8.23. The number of nitrogens with zero attached hydrogens (tertiary/aromatic N) is 3. The molecule has 7 heteroatoms. The Hall–Kier alpha value is -2.41. The summed E-state index contributed by atoms with van der Waals surface area (Å²) in [5.41, 5.74) is -0.414. The molecule has 0 aromatic heterocycles. The number of likely N-dealkylation sites (tertiary alicyclic amines) is 1. The van der Waals surface area contributed by atoms with Crippen LogP contribution in [0, 0.1) is 5.92 Å². The molecule has 1 atom stereocenters. The first-order chi connectivity index (χ1) is 13.3. The molecule has 3 rings (SSSR count). The zero-order valence-electron chi connectivity index (χ0n) is 17.0. The molecule has 28 heavy (non-hydrogen) atoms. The van der Waals surface area contributed by atoms with Crippen molar-refractivity contribution in [3.05, 3.63) is 35.9 Å². The third-order valence-electron chi connectivity index (χ3n) is 5.87. The Bertz CT molecular complexity index is 728. The first-order valence-corrected chi connectivity index (χ1v) is 9.93. The molecule has 1 N–H and O–H groups in total. The van der Waals surface area contributed by atoms with Crippen LogP contribution in [0.3, 0.4) is 0 Å². The van der Waals surface area contributed by atoms with Crippen LogP contribution in [0.25, 0.3) is 0 Å². The fourth-order valence-corrected chi connectivity index (χ4v) is 3.95. The number of hydrogen-bond acceptors (Lipinski definition) is 4. The molecular formula is C21H30N4O3. The van der Waals surface area contributed by atoms with Crippen LogP contribution in [0.15, 0.2) is 30.3 Å². The van der Waals surface area contributed by atoms with Crippen molar-refractivity contribution in [2.75, 3.05) is 40.3 Å². The Balaban J connectivity index is 1.58. The van der Waals surface area contributed by atoms with Gasteiger partial charge in [-0.2, -0.15) is 0 Å². The number of rotatable bonds is 6. The van der Waals surface area contributed by atoms with E-state index in [1.165, 1.54) is 0 Å². The van der Waals surface area contributed by atoms with Crippen molar-refractivity contribution in [3.63, 3.8) is 0 Å². The summed E-state index contributed by atoms with van der Waals surface area (Å²) < 4.78 is 0. The fraction of sp³-hybridized carbons (Fsp3) is 0.571. The number of imide groups is 1. The number of nitrogens with one attached hydrogen (secondary N) is 1. The van der Waals surface area contributed by atoms with Crippen LogP contribution in [0.2, 0.25) is 0 Å². The van der Waals surface area contributed by atoms with E-state index in [2.05, 4.69) is 24.3 Å². The van der Waals surface area contributed by atoms with Gasteiger partial charge in [0.05, 0.1) is 0 Å². The smallest absolute Gasteiger partial charge is 0.325 e. The van der Waals surface area contributed by atoms with Crippen molar-refractivity contribution in [1.29, 1.82) is 0 Å². The minimum atomic E-state index is -1.13. The number of piperidine rings is 1. The summed E-state index contributed by atoms with van der Waals surface area (Å²) in [6.07, 6.45) is 3.08. The Morgan fingerprint density at radius 3 is 2.43 bits per heavy atom. The van der Waals surface area contributed by atoms with Gasteiger partial charge in [-0.05, 0) is 58.3 Å². The van der Waals surface area contributed by atoms with Gasteiger partial charge >= 0.3 is 6.03 Å². The molecule has 1 unspecified atom stereocenters. The minimum Gasteiger partial charge on any atom is -0.341 e. The zero-order chi connectivity index (χ0) is 20.3. The van der Waals surface area contributed by atoms with Gasteiger partial charge in [0.15, 0.2) is 0 Å². The monoisotopic (exact) mass is 386 g/mol. The SMILES string of the molecule is CN(C)CCC1CCN(C(=O)CN2C(=O)NC(C)(c3ccccc3)C2=O)CC1. The van der Waals surface area contributed by atoms with Crippen molar-refractivity contribution >= 4 is 17.8 Å². The molecule has 0 aliphatic carbocycles. The summed E-state index contributed by atoms with van der Waals surface area (Å²) in [7, 11) is 4.14. The molecule has 0 spiro atoms. The predicted octanol–water partition coefficient (Wildman–Crippen LogP) is 1.64. The second-order valence-electron chi connectivity index (χ2n) is 8.23. The van der Waals surface area contributed by atoms with E-state index in [-0.39, 0.29) is 18.4 Å². The third kappa shape index (κ3) is 4.19. The maximum atomic E-state index is 12.9. The van der Waals surface area contributed by atoms with E-state index < -0.39 is 11.6 Å². The number of benzene rings is 1. The van der Waals surface area contributed by atoms with Crippen LogP contribution >= 0.6 is 0 Å². The summed E-state index contributed by atoms with van der Waals surface area (Å²) in [5, 5.41) is 2.75. The average molecular weight is 386 g/mol. The molecular weight excluding hydrogens is 356 g/mol. The van der Waals surface area contributed by atoms with Gasteiger partial charge in [-0.25, -0.2) is 4.79 Å². The van der Waals surface area contributed by atoms with Crippen LogP contribution in [-0.2, 0) is 15.1 Å². The summed E-state index contributed by atoms with van der Waals surface area (Å²) in [6, 6.07) is 8.62. The quantitative estimate of drug-likeness (QED) is 0.755. The van der Waals surface area contributed by atoms with Crippen molar-refractivity contribution in [2.45, 2.75) is 31.7 Å². The van der Waals surface area contributed by atoms with Gasteiger partial charge in [-0.15, -0.1) is 0 Å². The highest BCUT2D eigenvalue weighted by molar-refractivity contribution is 6.09. The minimum absolute atomic E-state index is 0.160. The summed E-state index contributed by atoms with van der Waals surface area (Å²) in [5.74, 6) is 0.0920. The van der Waals surface area contributed by atoms with Gasteiger partial charge in [0.2, 0.25) is 5.91 Å². The first kappa shape index (κ1) is 20.3. The number of carbonyl (C=O) groups excluding carboxylic acids is 3. The molecule has 2 saturated heterocycles. The van der Waals surface area contributed by atoms with Gasteiger partial charge in [-0.3, -0.25) is 14.5 Å². The van der Waals surface area contributed by atoms with Crippen LogP contribution in [0.4, 0.5) is 4.79 Å². The van der Waals surface area contributed by atoms with Crippen molar-refractivity contribution in [3.8, 4) is 0 Å². The molecule has 4 amide bonds. The topological polar surface area (TPSA) is 73.0 Å². The van der Waals surface area contributed by atoms with Crippen LogP contribution in [-0.4, -0.2) is 72.8 Å². The highest BCUT2D eigenvalue weighted by Crippen LogP contribution is 2.29. The van der Waals surface area contributed by atoms with Crippen LogP contribution in [0.5, 0.6) is 0 Å². The lowest BCUT2D eigenvalue weighted by Gasteiger charge is -2.33. The largest absolute Gasteiger partial charge is 0.341 e. The van der Waals surface area contributed by atoms with E-state index >= 15 is 0 Å². The summed E-state index contributed by atoms with van der Waals surface area (Å²) in [6.45, 7) is 3.92. The van der Waals surface area contributed by atoms with Crippen molar-refractivity contribution in [2.24, 2.45) is 5.92 Å². The summed E-state index contributed by atoms with van der Waals surface area (Å²) >= 11 is 0. The molecule has 2 aliphatic rings. The lowest BCUT2D eigenvalue weighted by molar-refractivity contribution is -0.139. The molecule has 7 nitrogen and oxygen atoms in total. The van der Waals surface area contributed by atoms with Gasteiger partial charge in [-0.1, -0.05) is 30.3 Å². The first-order valence-electron chi connectivity index (χ1n) is 9.93. The van der Waals surface area contributed by atoms with E-state index in [0.29, 0.717) is 24.6 Å². The highest BCUT2D eigenvalue weighted by Gasteiger charge is 2.49. The van der Waals surface area contributed by atoms with Gasteiger partial charge in [0, 0.05) is 13.1 Å². The predicted molar refractivity (Wildman–Crippen MR) is 107 cm³/mol. The van der Waals surface area contributed by atoms with E-state index in [1.54, 1.807) is 11.8 Å². The van der Waals surface area contributed by atoms with Gasteiger partial charge < -0.3 is 15.1 Å². The normalized spacial score (nSPS) is 23.4. The fourth-order valence-electron chi connectivity index (χ4n) is 3.95. The van der Waals surface area contributed by atoms with Crippen molar-refractivity contribution in [1.82, 2.24) is 20.0 Å². The molecule has 0 bridgehead atoms. The van der Waals surface area contributed by atoms with E-state index in [0.717, 1.165) is 30.7 Å². The molecule has 1 aromatic rings. The Morgan fingerprint density at radius 2 is 1.82 bits per heavy atom. The van der Waals surface area contributed by atoms with Crippen molar-refractivity contribution < 1.29 is 14.4 Å². The molecule has 2 fully saturated rings. The second kappa shape index (κ2) is 8.31. The number of urea groups is 1. The van der Waals surface area contributed by atoms with Crippen LogP contribution < -0.4 is 5.32 Å². The van der Waals surface area contributed by atoms with Crippen LogP contribution in [0.1, 0.15) is 31.7 Å². The zero-order valence-corrected chi connectivity index (χ0v) is 17.0. The lowest BCUT2D eigenvalue weighted by atomic mass is 9.92. The number of carbonyl (C=O) groups is 3. The Kier molecular flexibility index (Phi) is 6.03. The average Bonchev–Trinajstić information content (AvgIpc) is 2.91. The van der Waals surface area contributed by atoms with Gasteiger partial charge in [0.25, 0.3) is 5.91 Å².